The van der Waals surface area contributed by atoms with E-state index in [0.29, 0.717) is 6.61 Å². The van der Waals surface area contributed by atoms with Crippen molar-refractivity contribution in [3.63, 3.8) is 0 Å². The lowest BCUT2D eigenvalue weighted by Gasteiger charge is -2.36. The third-order valence-corrected chi connectivity index (χ3v) is 5.04. The lowest BCUT2D eigenvalue weighted by atomic mass is 9.98. The third-order valence-electron chi connectivity index (χ3n) is 4.10. The molecule has 1 aliphatic rings. The molecular formula is C18H30N2O3S. The van der Waals surface area contributed by atoms with Gasteiger partial charge in [0.1, 0.15) is 16.7 Å². The van der Waals surface area contributed by atoms with Crippen molar-refractivity contribution in [2.45, 2.75) is 77.5 Å². The molecule has 1 saturated heterocycles. The predicted octanol–water partition coefficient (Wildman–Crippen LogP) is 4.79. The average Bonchev–Trinajstić information content (AvgIpc) is 3.04. The summed E-state index contributed by atoms with van der Waals surface area (Å²) >= 11 is 1.62. The Labute approximate surface area is 149 Å². The van der Waals surface area contributed by atoms with Crippen LogP contribution >= 0.6 is 11.3 Å². The van der Waals surface area contributed by atoms with Crippen LogP contribution in [0.25, 0.3) is 0 Å². The highest BCUT2D eigenvalue weighted by atomic mass is 32.1. The maximum Gasteiger partial charge on any atom is 0.410 e. The lowest BCUT2D eigenvalue weighted by molar-refractivity contribution is 0.00593. The van der Waals surface area contributed by atoms with Crippen molar-refractivity contribution < 1.29 is 14.3 Å². The molecule has 0 aliphatic carbocycles. The summed E-state index contributed by atoms with van der Waals surface area (Å²) in [5, 5.41) is 2.98. The minimum Gasteiger partial charge on any atom is -0.444 e. The second-order valence-corrected chi connectivity index (χ2v) is 8.28. The predicted molar refractivity (Wildman–Crippen MR) is 96.3 cm³/mol. The zero-order chi connectivity index (χ0) is 17.6. The minimum absolute atomic E-state index is 0.0401. The van der Waals surface area contributed by atoms with Crippen molar-refractivity contribution in [3.05, 3.63) is 16.6 Å². The van der Waals surface area contributed by atoms with Gasteiger partial charge in [-0.15, -0.1) is 11.3 Å². The van der Waals surface area contributed by atoms with Crippen LogP contribution < -0.4 is 0 Å². The van der Waals surface area contributed by atoms with Crippen LogP contribution in [0.5, 0.6) is 0 Å². The molecule has 0 bridgehead atoms. The molecular weight excluding hydrogens is 324 g/mol. The zero-order valence-electron chi connectivity index (χ0n) is 15.3. The number of rotatable bonds is 6. The topological polar surface area (TPSA) is 51.7 Å². The Kier molecular flexibility index (Phi) is 7.04. The van der Waals surface area contributed by atoms with Crippen molar-refractivity contribution in [1.82, 2.24) is 9.88 Å². The standard InChI is InChI=1S/C18H30N2O3S/c1-14(16-19-10-13-24-16)22-12-7-9-15-8-5-6-11-20(15)17(21)23-18(2,3)4/h10,13-15H,5-9,11-12H2,1-4H3. The van der Waals surface area contributed by atoms with Crippen molar-refractivity contribution in [2.75, 3.05) is 13.2 Å². The number of carbonyl (C=O) groups excluding carboxylic acids is 1. The largest absolute Gasteiger partial charge is 0.444 e. The molecule has 2 rings (SSSR count). The van der Waals surface area contributed by atoms with Gasteiger partial charge >= 0.3 is 6.09 Å². The first kappa shape index (κ1) is 19.2. The zero-order valence-corrected chi connectivity index (χ0v) is 16.1. The highest BCUT2D eigenvalue weighted by Gasteiger charge is 2.30. The maximum atomic E-state index is 12.4. The van der Waals surface area contributed by atoms with Gasteiger partial charge in [-0.05, 0) is 59.8 Å². The Balaban J connectivity index is 1.75. The number of thiazole rings is 1. The van der Waals surface area contributed by atoms with Crippen molar-refractivity contribution in [3.8, 4) is 0 Å². The number of likely N-dealkylation sites (tertiary alicyclic amines) is 1. The van der Waals surface area contributed by atoms with Crippen LogP contribution in [0, 0.1) is 0 Å². The Morgan fingerprint density at radius 2 is 2.25 bits per heavy atom. The van der Waals surface area contributed by atoms with E-state index in [9.17, 15) is 4.79 Å². The number of hydrogen-bond donors (Lipinski definition) is 0. The fourth-order valence-corrected chi connectivity index (χ4v) is 3.59. The van der Waals surface area contributed by atoms with Crippen LogP contribution in [0.15, 0.2) is 11.6 Å². The van der Waals surface area contributed by atoms with Crippen molar-refractivity contribution in [2.24, 2.45) is 0 Å². The first-order valence-electron chi connectivity index (χ1n) is 8.87. The monoisotopic (exact) mass is 354 g/mol. The Hall–Kier alpha value is -1.14. The Morgan fingerprint density at radius 3 is 2.92 bits per heavy atom. The van der Waals surface area contributed by atoms with Crippen LogP contribution in [0.1, 0.15) is 70.9 Å². The van der Waals surface area contributed by atoms with Crippen molar-refractivity contribution >= 4 is 17.4 Å². The van der Waals surface area contributed by atoms with Gasteiger partial charge in [-0.2, -0.15) is 0 Å². The summed E-state index contributed by atoms with van der Waals surface area (Å²) in [6.45, 7) is 9.27. The van der Waals surface area contributed by atoms with Gasteiger partial charge in [0.2, 0.25) is 0 Å². The fraction of sp³-hybridized carbons (Fsp3) is 0.778. The molecule has 1 fully saturated rings. The van der Waals surface area contributed by atoms with E-state index in [1.54, 1.807) is 17.5 Å². The number of piperidine rings is 1. The molecule has 0 aromatic carbocycles. The molecule has 6 heteroatoms. The Morgan fingerprint density at radius 1 is 1.46 bits per heavy atom. The molecule has 24 heavy (non-hydrogen) atoms. The van der Waals surface area contributed by atoms with Gasteiger partial charge in [0.05, 0.1) is 0 Å². The van der Waals surface area contributed by atoms with E-state index in [1.807, 2.05) is 38.0 Å². The van der Waals surface area contributed by atoms with Gasteiger partial charge in [0.25, 0.3) is 0 Å². The molecule has 1 aliphatic heterocycles. The van der Waals surface area contributed by atoms with Crippen LogP contribution in [0.2, 0.25) is 0 Å². The summed E-state index contributed by atoms with van der Waals surface area (Å²) < 4.78 is 11.4. The van der Waals surface area contributed by atoms with E-state index >= 15 is 0 Å². The molecule has 2 atom stereocenters. The van der Waals surface area contributed by atoms with E-state index in [2.05, 4.69) is 4.98 Å². The summed E-state index contributed by atoms with van der Waals surface area (Å²) in [5.74, 6) is 0. The third kappa shape index (κ3) is 6.06. The second-order valence-electron chi connectivity index (χ2n) is 7.35. The van der Waals surface area contributed by atoms with Crippen LogP contribution in [-0.2, 0) is 9.47 Å². The molecule has 0 N–H and O–H groups in total. The minimum atomic E-state index is -0.439. The second kappa shape index (κ2) is 8.81. The number of carbonyl (C=O) groups is 1. The summed E-state index contributed by atoms with van der Waals surface area (Å²) in [4.78, 5) is 18.6. The van der Waals surface area contributed by atoms with E-state index in [0.717, 1.165) is 37.2 Å². The van der Waals surface area contributed by atoms with Crippen LogP contribution in [0.3, 0.4) is 0 Å². The number of amides is 1. The molecule has 1 aromatic rings. The summed E-state index contributed by atoms with van der Waals surface area (Å²) in [6, 6.07) is 0.271. The molecule has 0 saturated carbocycles. The highest BCUT2D eigenvalue weighted by molar-refractivity contribution is 7.09. The van der Waals surface area contributed by atoms with Crippen molar-refractivity contribution in [1.29, 1.82) is 0 Å². The smallest absolute Gasteiger partial charge is 0.410 e. The number of ether oxygens (including phenoxy) is 2. The number of hydrogen-bond acceptors (Lipinski definition) is 5. The van der Waals surface area contributed by atoms with Gasteiger partial charge in [0, 0.05) is 30.8 Å². The number of nitrogens with zero attached hydrogens (tertiary/aromatic N) is 2. The van der Waals surface area contributed by atoms with E-state index in [1.165, 1.54) is 6.42 Å². The van der Waals surface area contributed by atoms with E-state index in [4.69, 9.17) is 9.47 Å². The maximum absolute atomic E-state index is 12.4. The van der Waals surface area contributed by atoms with Gasteiger partial charge < -0.3 is 14.4 Å². The van der Waals surface area contributed by atoms with Crippen LogP contribution in [0.4, 0.5) is 4.79 Å². The first-order valence-corrected chi connectivity index (χ1v) is 9.75. The van der Waals surface area contributed by atoms with E-state index in [-0.39, 0.29) is 18.2 Å². The summed E-state index contributed by atoms with van der Waals surface area (Å²) in [5.41, 5.74) is -0.439. The summed E-state index contributed by atoms with van der Waals surface area (Å²) in [7, 11) is 0. The molecule has 1 aromatic heterocycles. The molecule has 0 spiro atoms. The molecule has 2 unspecified atom stereocenters. The SMILES string of the molecule is CC(OCCCC1CCCCN1C(=O)OC(C)(C)C)c1nccs1. The normalized spacial score (nSPS) is 20.0. The fourth-order valence-electron chi connectivity index (χ4n) is 2.95. The quantitative estimate of drug-likeness (QED) is 0.689. The Bertz CT molecular complexity index is 499. The van der Waals surface area contributed by atoms with Gasteiger partial charge in [-0.3, -0.25) is 0 Å². The molecule has 5 nitrogen and oxygen atoms in total. The number of aromatic nitrogens is 1. The lowest BCUT2D eigenvalue weighted by Crippen LogP contribution is -2.46. The van der Waals surface area contributed by atoms with Crippen LogP contribution in [-0.4, -0.2) is 40.8 Å². The molecule has 0 radical (unpaired) electrons. The van der Waals surface area contributed by atoms with Gasteiger partial charge in [-0.1, -0.05) is 0 Å². The average molecular weight is 355 g/mol. The first-order chi connectivity index (χ1) is 11.4. The molecule has 1 amide bonds. The molecule has 2 heterocycles. The van der Waals surface area contributed by atoms with Gasteiger partial charge in [-0.25, -0.2) is 9.78 Å². The highest BCUT2D eigenvalue weighted by Crippen LogP contribution is 2.24. The summed E-state index contributed by atoms with van der Waals surface area (Å²) in [6.07, 6.45) is 6.88. The van der Waals surface area contributed by atoms with E-state index < -0.39 is 5.60 Å². The molecule has 136 valence electrons. The van der Waals surface area contributed by atoms with Gasteiger partial charge in [0.15, 0.2) is 0 Å².